The summed E-state index contributed by atoms with van der Waals surface area (Å²) in [6, 6.07) is 12.5. The normalized spacial score (nSPS) is 11.5. The minimum atomic E-state index is 0.855. The number of hydrogen-bond acceptors (Lipinski definition) is 5. The van der Waals surface area contributed by atoms with Crippen LogP contribution in [0.5, 0.6) is 5.75 Å². The van der Waals surface area contributed by atoms with Gasteiger partial charge in [-0.1, -0.05) is 13.8 Å². The Labute approximate surface area is 171 Å². The number of ether oxygens (including phenoxy) is 1. The molecule has 0 fully saturated rings. The molecule has 0 atom stereocenters. The monoisotopic (exact) mass is 397 g/mol. The van der Waals surface area contributed by atoms with Crippen LogP contribution < -0.4 is 14.2 Å². The number of benzene rings is 2. The zero-order valence-corrected chi connectivity index (χ0v) is 18.2. The number of hydrogen-bond donors (Lipinski definition) is 0. The lowest BCUT2D eigenvalue weighted by Gasteiger charge is -2.24. The van der Waals surface area contributed by atoms with Gasteiger partial charge in [0, 0.05) is 24.8 Å². The molecule has 3 aromatic rings. The minimum absolute atomic E-state index is 0.855. The van der Waals surface area contributed by atoms with E-state index < -0.39 is 0 Å². The molecule has 0 bridgehead atoms. The molecule has 2 aromatic carbocycles. The molecule has 0 amide bonds. The summed E-state index contributed by atoms with van der Waals surface area (Å²) in [7, 11) is 3.70. The first-order chi connectivity index (χ1) is 13.6. The molecular weight excluding hydrogens is 368 g/mol. The van der Waals surface area contributed by atoms with Crippen molar-refractivity contribution >= 4 is 38.1 Å². The number of nitrogens with zero attached hydrogens (tertiary/aromatic N) is 4. The van der Waals surface area contributed by atoms with E-state index in [2.05, 4.69) is 64.7 Å². The zero-order chi connectivity index (χ0) is 20.1. The highest BCUT2D eigenvalue weighted by Crippen LogP contribution is 2.31. The van der Waals surface area contributed by atoms with Crippen LogP contribution >= 0.6 is 11.3 Å². The summed E-state index contributed by atoms with van der Waals surface area (Å²) in [4.78, 5) is 2.44. The Morgan fingerprint density at radius 1 is 1.04 bits per heavy atom. The van der Waals surface area contributed by atoms with Crippen molar-refractivity contribution in [3.8, 4) is 5.75 Å². The Bertz CT molecular complexity index is 974. The van der Waals surface area contributed by atoms with Crippen molar-refractivity contribution in [3.63, 3.8) is 0 Å². The van der Waals surface area contributed by atoms with Gasteiger partial charge in [-0.25, -0.2) is 4.57 Å². The second-order valence-corrected chi connectivity index (χ2v) is 7.94. The maximum atomic E-state index is 5.32. The summed E-state index contributed by atoms with van der Waals surface area (Å²) in [5.74, 6) is 0.855. The van der Waals surface area contributed by atoms with Gasteiger partial charge in [-0.15, -0.1) is 0 Å². The molecule has 0 saturated heterocycles. The number of rotatable bonds is 8. The van der Waals surface area contributed by atoms with Crippen molar-refractivity contribution in [3.05, 3.63) is 42.0 Å². The first-order valence-corrected chi connectivity index (χ1v) is 10.6. The van der Waals surface area contributed by atoms with Crippen molar-refractivity contribution in [2.75, 3.05) is 25.1 Å². The second-order valence-electron chi connectivity index (χ2n) is 6.94. The minimum Gasteiger partial charge on any atom is -0.497 e. The van der Waals surface area contributed by atoms with Crippen molar-refractivity contribution in [1.82, 2.24) is 0 Å². The van der Waals surface area contributed by atoms with Gasteiger partial charge in [0.1, 0.15) is 17.0 Å². The van der Waals surface area contributed by atoms with Crippen molar-refractivity contribution in [2.24, 2.45) is 17.3 Å². The molecular formula is C22H29N4OS+. The molecule has 0 spiro atoms. The number of anilines is 1. The average molecular weight is 398 g/mol. The number of methoxy groups -OCH3 is 1. The summed E-state index contributed by atoms with van der Waals surface area (Å²) >= 11 is 1.61. The van der Waals surface area contributed by atoms with Gasteiger partial charge in [-0.3, -0.25) is 0 Å². The molecule has 1 aromatic heterocycles. The maximum Gasteiger partial charge on any atom is 0.409 e. The molecule has 0 aliphatic rings. The van der Waals surface area contributed by atoms with E-state index in [0.29, 0.717) is 0 Å². The zero-order valence-electron chi connectivity index (χ0n) is 17.4. The Balaban J connectivity index is 1.86. The van der Waals surface area contributed by atoms with Gasteiger partial charge in [-0.2, -0.15) is 0 Å². The molecule has 0 saturated carbocycles. The first-order valence-electron chi connectivity index (χ1n) is 9.81. The molecule has 0 radical (unpaired) electrons. The number of azo groups is 1. The van der Waals surface area contributed by atoms with E-state index in [9.17, 15) is 0 Å². The smallest absolute Gasteiger partial charge is 0.409 e. The summed E-state index contributed by atoms with van der Waals surface area (Å²) in [6.07, 6.45) is 2.29. The lowest BCUT2D eigenvalue weighted by atomic mass is 10.1. The fourth-order valence-electron chi connectivity index (χ4n) is 3.29. The fraction of sp³-hybridized carbons (Fsp3) is 0.409. The molecule has 148 valence electrons. The summed E-state index contributed by atoms with van der Waals surface area (Å²) < 4.78 is 8.52. The number of aromatic nitrogens is 1. The third-order valence-corrected chi connectivity index (χ3v) is 5.88. The third-order valence-electron chi connectivity index (χ3n) is 4.79. The van der Waals surface area contributed by atoms with Crippen LogP contribution in [-0.4, -0.2) is 20.2 Å². The van der Waals surface area contributed by atoms with Crippen molar-refractivity contribution in [2.45, 2.75) is 33.6 Å². The molecule has 6 heteroatoms. The van der Waals surface area contributed by atoms with Crippen molar-refractivity contribution < 1.29 is 9.30 Å². The summed E-state index contributed by atoms with van der Waals surface area (Å²) in [5.41, 5.74) is 4.44. The largest absolute Gasteiger partial charge is 0.497 e. The van der Waals surface area contributed by atoms with Crippen LogP contribution in [0.3, 0.4) is 0 Å². The standard InChI is InChI=1S/C22H29N4OS/c1-6-12-26(13-7-2)17-8-10-19(16(3)14-17)23-24-22-25(4)20-11-9-18(27-5)15-21(20)28-22/h8-11,14-15H,6-7,12-13H2,1-5H3/q+1. The molecule has 1 heterocycles. The lowest BCUT2D eigenvalue weighted by molar-refractivity contribution is -0.627. The van der Waals surface area contributed by atoms with Gasteiger partial charge in [0.05, 0.1) is 24.0 Å². The van der Waals surface area contributed by atoms with Gasteiger partial charge < -0.3 is 9.64 Å². The Kier molecular flexibility index (Phi) is 6.62. The number of thiazole rings is 1. The van der Waals surface area contributed by atoms with E-state index in [1.165, 1.54) is 5.69 Å². The summed E-state index contributed by atoms with van der Waals surface area (Å²) in [6.45, 7) is 8.70. The molecule has 0 aliphatic carbocycles. The SMILES string of the molecule is CCCN(CCC)c1ccc(N=Nc2sc3cc(OC)ccc3[n+]2C)c(C)c1. The van der Waals surface area contributed by atoms with E-state index in [-0.39, 0.29) is 0 Å². The highest BCUT2D eigenvalue weighted by Gasteiger charge is 2.17. The first kappa shape index (κ1) is 20.3. The van der Waals surface area contributed by atoms with E-state index in [1.807, 2.05) is 19.2 Å². The van der Waals surface area contributed by atoms with Crippen LogP contribution in [0.4, 0.5) is 16.5 Å². The highest BCUT2D eigenvalue weighted by atomic mass is 32.1. The molecule has 3 rings (SSSR count). The van der Waals surface area contributed by atoms with E-state index >= 15 is 0 Å². The Hall–Kier alpha value is -2.47. The average Bonchev–Trinajstić information content (AvgIpc) is 3.01. The van der Waals surface area contributed by atoms with Crippen LogP contribution in [0.2, 0.25) is 0 Å². The molecule has 28 heavy (non-hydrogen) atoms. The van der Waals surface area contributed by atoms with Crippen LogP contribution in [0.1, 0.15) is 32.3 Å². The van der Waals surface area contributed by atoms with Gasteiger partial charge >= 0.3 is 5.13 Å². The predicted molar refractivity (Wildman–Crippen MR) is 118 cm³/mol. The maximum absolute atomic E-state index is 5.32. The Morgan fingerprint density at radius 2 is 1.79 bits per heavy atom. The van der Waals surface area contributed by atoms with E-state index in [1.54, 1.807) is 18.4 Å². The number of fused-ring (bicyclic) bond motifs is 1. The molecule has 5 nitrogen and oxygen atoms in total. The highest BCUT2D eigenvalue weighted by molar-refractivity contribution is 7.21. The number of aryl methyl sites for hydroxylation is 2. The predicted octanol–water partition coefficient (Wildman–Crippen LogP) is 6.08. The van der Waals surface area contributed by atoms with Crippen LogP contribution in [-0.2, 0) is 7.05 Å². The van der Waals surface area contributed by atoms with Crippen molar-refractivity contribution in [1.29, 1.82) is 0 Å². The van der Waals surface area contributed by atoms with Gasteiger partial charge in [-0.05, 0) is 72.1 Å². The van der Waals surface area contributed by atoms with Gasteiger partial charge in [0.25, 0.3) is 0 Å². The van der Waals surface area contributed by atoms with Gasteiger partial charge in [0.2, 0.25) is 0 Å². The van der Waals surface area contributed by atoms with E-state index in [0.717, 1.165) is 58.3 Å². The Morgan fingerprint density at radius 3 is 2.43 bits per heavy atom. The molecule has 0 unspecified atom stereocenters. The fourth-order valence-corrected chi connectivity index (χ4v) is 4.29. The van der Waals surface area contributed by atoms with Crippen LogP contribution in [0, 0.1) is 6.92 Å². The van der Waals surface area contributed by atoms with E-state index in [4.69, 9.17) is 4.74 Å². The molecule has 0 N–H and O–H groups in total. The van der Waals surface area contributed by atoms with Crippen LogP contribution in [0.25, 0.3) is 10.2 Å². The van der Waals surface area contributed by atoms with Crippen LogP contribution in [0.15, 0.2) is 46.6 Å². The summed E-state index contributed by atoms with van der Waals surface area (Å²) in [5, 5.41) is 9.93. The van der Waals surface area contributed by atoms with Gasteiger partial charge in [0.15, 0.2) is 0 Å². The topological polar surface area (TPSA) is 41.1 Å². The second kappa shape index (κ2) is 9.15. The third kappa shape index (κ3) is 4.33. The molecule has 0 aliphatic heterocycles. The lowest BCUT2D eigenvalue weighted by Crippen LogP contribution is -2.25. The quantitative estimate of drug-likeness (QED) is 0.341.